The van der Waals surface area contributed by atoms with Crippen LogP contribution in [0.25, 0.3) is 11.1 Å². The van der Waals surface area contributed by atoms with E-state index in [1.807, 2.05) is 66.7 Å². The molecule has 0 amide bonds. The van der Waals surface area contributed by atoms with Gasteiger partial charge in [-0.2, -0.15) is 0 Å². The lowest BCUT2D eigenvalue weighted by molar-refractivity contribution is -0.128. The Labute approximate surface area is 280 Å². The van der Waals surface area contributed by atoms with Crippen molar-refractivity contribution >= 4 is 40.1 Å². The number of rotatable bonds is 12. The molecule has 1 atom stereocenters. The van der Waals surface area contributed by atoms with E-state index in [1.165, 1.54) is 6.08 Å². The first-order chi connectivity index (χ1) is 23.5. The Bertz CT molecular complexity index is 1940. The summed E-state index contributed by atoms with van der Waals surface area (Å²) in [6.45, 7) is 7.05. The molecule has 48 heavy (non-hydrogen) atoms. The molecule has 0 aliphatic carbocycles. The smallest absolute Gasteiger partial charge is 0.335 e. The molecule has 0 bridgehead atoms. The zero-order chi connectivity index (χ0) is 33.3. The Kier molecular flexibility index (Phi) is 9.75. The van der Waals surface area contributed by atoms with E-state index < -0.39 is 12.3 Å². The lowest BCUT2D eigenvalue weighted by Gasteiger charge is -2.26. The van der Waals surface area contributed by atoms with Crippen molar-refractivity contribution in [2.75, 3.05) is 9.80 Å². The molecule has 236 valence electrons. The summed E-state index contributed by atoms with van der Waals surface area (Å²) >= 11 is 0. The van der Waals surface area contributed by atoms with Crippen LogP contribution in [0.2, 0.25) is 0 Å². The van der Waals surface area contributed by atoms with Gasteiger partial charge in [-0.1, -0.05) is 79.9 Å². The zero-order valence-electron chi connectivity index (χ0n) is 26.2. The largest absolute Gasteiger partial charge is 0.461 e. The van der Waals surface area contributed by atoms with E-state index >= 15 is 0 Å². The fourth-order valence-electron chi connectivity index (χ4n) is 5.36. The third-order valence-corrected chi connectivity index (χ3v) is 7.63. The molecule has 0 aliphatic heterocycles. The lowest BCUT2D eigenvalue weighted by Crippen LogP contribution is -2.13. The number of hydrogen-bond donors (Lipinski definition) is 1. The molecule has 0 aliphatic rings. The Morgan fingerprint density at radius 1 is 0.542 bits per heavy atom. The first-order valence-electron chi connectivity index (χ1n) is 15.4. The molecule has 0 spiro atoms. The normalized spacial score (nSPS) is 11.2. The van der Waals surface area contributed by atoms with Crippen LogP contribution in [0.1, 0.15) is 0 Å². The van der Waals surface area contributed by atoms with Gasteiger partial charge in [0, 0.05) is 46.3 Å². The molecule has 6 heteroatoms. The van der Waals surface area contributed by atoms with Crippen LogP contribution in [0.3, 0.4) is 0 Å². The fraction of sp³-hybridized carbons (Fsp3) is 0.0238. The Morgan fingerprint density at radius 2 is 0.979 bits per heavy atom. The number of para-hydroxylation sites is 2. The molecular weight excluding hydrogens is 596 g/mol. The maximum Gasteiger partial charge on any atom is 0.335 e. The van der Waals surface area contributed by atoms with Crippen molar-refractivity contribution in [3.63, 3.8) is 0 Å². The van der Waals surface area contributed by atoms with Crippen molar-refractivity contribution in [2.45, 2.75) is 6.29 Å². The third kappa shape index (κ3) is 7.36. The molecule has 6 rings (SSSR count). The standard InChI is InChI=1S/C42H34N2O4/c1-3-41(45)47-39-28-26-37(27-29-39)44(38-16-11-17-40(30-38)48-42(46)4-2)36-24-20-32(21-25-36)31-18-22-35(23-19-31)43(33-12-7-5-8-13-33)34-14-9-6-10-15-34/h3-30,42,46H,1-2H2. The summed E-state index contributed by atoms with van der Waals surface area (Å²) in [5.41, 5.74) is 7.90. The number of ether oxygens (including phenoxy) is 2. The van der Waals surface area contributed by atoms with E-state index in [2.05, 4.69) is 95.8 Å². The van der Waals surface area contributed by atoms with Gasteiger partial charge < -0.3 is 24.4 Å². The second-order valence-corrected chi connectivity index (χ2v) is 10.8. The van der Waals surface area contributed by atoms with Crippen molar-refractivity contribution in [3.8, 4) is 22.6 Å². The molecule has 0 radical (unpaired) electrons. The van der Waals surface area contributed by atoms with Crippen LogP contribution in [0.15, 0.2) is 183 Å². The van der Waals surface area contributed by atoms with Crippen LogP contribution in [-0.4, -0.2) is 17.4 Å². The summed E-state index contributed by atoms with van der Waals surface area (Å²) in [5, 5.41) is 10.00. The number of benzene rings is 6. The third-order valence-electron chi connectivity index (χ3n) is 7.63. The van der Waals surface area contributed by atoms with E-state index in [0.29, 0.717) is 11.5 Å². The highest BCUT2D eigenvalue weighted by molar-refractivity contribution is 5.84. The Hall–Kier alpha value is -6.37. The van der Waals surface area contributed by atoms with Gasteiger partial charge in [0.15, 0.2) is 0 Å². The second kappa shape index (κ2) is 14.8. The van der Waals surface area contributed by atoms with Crippen LogP contribution in [0.5, 0.6) is 11.5 Å². The minimum absolute atomic E-state index is 0.409. The number of aliphatic hydroxyl groups is 1. The van der Waals surface area contributed by atoms with Gasteiger partial charge in [0.1, 0.15) is 11.5 Å². The number of carbonyl (C=O) groups excluding carboxylic acids is 1. The number of hydrogen-bond acceptors (Lipinski definition) is 6. The van der Waals surface area contributed by atoms with Crippen molar-refractivity contribution in [2.24, 2.45) is 0 Å². The van der Waals surface area contributed by atoms with Gasteiger partial charge in [-0.25, -0.2) is 4.79 Å². The summed E-state index contributed by atoms with van der Waals surface area (Å²) in [5.74, 6) is 0.367. The van der Waals surface area contributed by atoms with Crippen molar-refractivity contribution in [3.05, 3.63) is 183 Å². The average molecular weight is 631 g/mol. The fourth-order valence-corrected chi connectivity index (χ4v) is 5.36. The molecule has 0 heterocycles. The highest BCUT2D eigenvalue weighted by Gasteiger charge is 2.16. The van der Waals surface area contributed by atoms with Gasteiger partial charge in [0.05, 0.1) is 0 Å². The highest BCUT2D eigenvalue weighted by Crippen LogP contribution is 2.39. The van der Waals surface area contributed by atoms with Crippen LogP contribution >= 0.6 is 0 Å². The van der Waals surface area contributed by atoms with Crippen LogP contribution < -0.4 is 19.3 Å². The maximum atomic E-state index is 11.7. The molecule has 0 aromatic heterocycles. The van der Waals surface area contributed by atoms with Crippen LogP contribution in [-0.2, 0) is 4.79 Å². The first kappa shape index (κ1) is 31.6. The summed E-state index contributed by atoms with van der Waals surface area (Å²) in [6, 6.07) is 52.1. The van der Waals surface area contributed by atoms with Crippen molar-refractivity contribution in [1.29, 1.82) is 0 Å². The number of anilines is 6. The van der Waals surface area contributed by atoms with Gasteiger partial charge in [0.25, 0.3) is 0 Å². The summed E-state index contributed by atoms with van der Waals surface area (Å²) < 4.78 is 10.9. The second-order valence-electron chi connectivity index (χ2n) is 10.8. The van der Waals surface area contributed by atoms with Crippen LogP contribution in [0, 0.1) is 0 Å². The molecule has 6 nitrogen and oxygen atoms in total. The molecule has 0 fully saturated rings. The van der Waals surface area contributed by atoms with Gasteiger partial charge in [-0.3, -0.25) is 0 Å². The summed E-state index contributed by atoms with van der Waals surface area (Å²) in [6.07, 6.45) is 1.31. The van der Waals surface area contributed by atoms with Gasteiger partial charge in [-0.15, -0.1) is 0 Å². The Morgan fingerprint density at radius 3 is 1.46 bits per heavy atom. The van der Waals surface area contributed by atoms with E-state index in [0.717, 1.165) is 51.3 Å². The first-order valence-corrected chi connectivity index (χ1v) is 15.4. The zero-order valence-corrected chi connectivity index (χ0v) is 26.2. The molecule has 6 aromatic rings. The number of aliphatic hydroxyl groups excluding tert-OH is 1. The van der Waals surface area contributed by atoms with Gasteiger partial charge in [-0.05, 0) is 102 Å². The molecule has 6 aromatic carbocycles. The predicted molar refractivity (Wildman–Crippen MR) is 194 cm³/mol. The topological polar surface area (TPSA) is 62.2 Å². The SMILES string of the molecule is C=CC(=O)Oc1ccc(N(c2ccc(-c3ccc(N(c4ccccc4)c4ccccc4)cc3)cc2)c2cccc(OC(O)C=C)c2)cc1. The number of esters is 1. The van der Waals surface area contributed by atoms with E-state index in [-0.39, 0.29) is 0 Å². The molecular formula is C42H34N2O4. The van der Waals surface area contributed by atoms with Crippen molar-refractivity contribution in [1.82, 2.24) is 0 Å². The maximum absolute atomic E-state index is 11.7. The number of carbonyl (C=O) groups is 1. The van der Waals surface area contributed by atoms with E-state index in [4.69, 9.17) is 9.47 Å². The van der Waals surface area contributed by atoms with Gasteiger partial charge >= 0.3 is 5.97 Å². The summed E-state index contributed by atoms with van der Waals surface area (Å²) in [7, 11) is 0. The molecule has 0 saturated heterocycles. The van der Waals surface area contributed by atoms with E-state index in [9.17, 15) is 9.90 Å². The summed E-state index contributed by atoms with van der Waals surface area (Å²) in [4.78, 5) is 16.0. The predicted octanol–water partition coefficient (Wildman–Crippen LogP) is 10.3. The quantitative estimate of drug-likeness (QED) is 0.0477. The molecule has 1 N–H and O–H groups in total. The average Bonchev–Trinajstić information content (AvgIpc) is 3.14. The van der Waals surface area contributed by atoms with Gasteiger partial charge in [0.2, 0.25) is 6.29 Å². The van der Waals surface area contributed by atoms with Crippen molar-refractivity contribution < 1.29 is 19.4 Å². The monoisotopic (exact) mass is 630 g/mol. The number of nitrogens with zero attached hydrogens (tertiary/aromatic N) is 2. The molecule has 0 saturated carbocycles. The lowest BCUT2D eigenvalue weighted by atomic mass is 10.0. The minimum atomic E-state index is -1.13. The van der Waals surface area contributed by atoms with E-state index in [1.54, 1.807) is 18.2 Å². The minimum Gasteiger partial charge on any atom is -0.461 e. The molecule has 1 unspecified atom stereocenters. The Balaban J connectivity index is 1.31. The van der Waals surface area contributed by atoms with Crippen LogP contribution in [0.4, 0.5) is 34.1 Å². The highest BCUT2D eigenvalue weighted by atomic mass is 16.6.